The Labute approximate surface area is 875 Å². The molecule has 0 N–H and O–H groups in total. The van der Waals surface area contributed by atoms with Gasteiger partial charge in [-0.1, -0.05) is 301 Å². The Kier molecular flexibility index (Phi) is 33.7. The van der Waals surface area contributed by atoms with E-state index in [-0.39, 0.29) is 60.3 Å². The predicted octanol–water partition coefficient (Wildman–Crippen LogP) is 28.5. The van der Waals surface area contributed by atoms with Crippen LogP contribution in [0.15, 0.2) is 420 Å². The van der Waals surface area contributed by atoms with Gasteiger partial charge in [-0.25, -0.2) is 9.97 Å². The van der Waals surface area contributed by atoms with Crippen molar-refractivity contribution in [1.29, 1.82) is 0 Å². The Hall–Kier alpha value is -14.3. The molecule has 13 nitrogen and oxygen atoms in total. The van der Waals surface area contributed by atoms with Crippen molar-refractivity contribution >= 4 is 106 Å². The molecule has 0 aliphatic carbocycles. The van der Waals surface area contributed by atoms with Crippen molar-refractivity contribution in [2.45, 2.75) is 79.3 Å². The van der Waals surface area contributed by atoms with Crippen LogP contribution in [-0.2, 0) is 66.9 Å². The molecular formula is C123H105Ir3N13Si3-6. The first-order valence-electron chi connectivity index (χ1n) is 47.0. The molecule has 23 aromatic rings. The minimum absolute atomic E-state index is 0. The molecule has 23 rings (SSSR count). The molecule has 0 atom stereocenters. The van der Waals surface area contributed by atoms with Crippen molar-refractivity contribution in [3.63, 3.8) is 0 Å². The summed E-state index contributed by atoms with van der Waals surface area (Å²) in [5, 5.41) is 10.9. The molecule has 0 spiro atoms. The van der Waals surface area contributed by atoms with Gasteiger partial charge in [0.1, 0.15) is 11.3 Å². The summed E-state index contributed by atoms with van der Waals surface area (Å²) >= 11 is 0. The first-order chi connectivity index (χ1) is 67.7. The van der Waals surface area contributed by atoms with Crippen LogP contribution in [0.3, 0.4) is 0 Å². The number of hydrogen-bond donors (Lipinski definition) is 0. The zero-order chi connectivity index (χ0) is 95.8. The third kappa shape index (κ3) is 23.8. The number of rotatable bonds is 16. The number of para-hydroxylation sites is 3. The largest absolute Gasteiger partial charge is 0.350 e. The van der Waals surface area contributed by atoms with Crippen LogP contribution in [0.1, 0.15) is 13.8 Å². The molecule has 3 radical (unpaired) electrons. The van der Waals surface area contributed by atoms with Gasteiger partial charge in [-0.2, -0.15) is 0 Å². The third-order valence-corrected chi connectivity index (χ3v) is 30.1. The quantitative estimate of drug-likeness (QED) is 0.0677. The van der Waals surface area contributed by atoms with Crippen molar-refractivity contribution in [1.82, 2.24) is 63.5 Å². The number of pyridine rings is 10. The van der Waals surface area contributed by atoms with Crippen LogP contribution in [0.5, 0.6) is 0 Å². The standard InChI is InChI=1S/2C31H26N3Si.C28H29N4Si.3C11H8N.3Ir/c1-35(2,3)30-21-32-28(19-26(30)22-12-6-4-7-13-22)23-18-27-25-16-10-11-17-29(25)34(31(27)33-20-23)24-14-8-5-9-15-24;1-35(2,3)30-21-33-28(20-26(30)22-11-6-4-7-12-22)23-16-17-29-27(19-23)25-15-10-18-32-31(25)34(29)24-13-8-5-9-14-24;1-19(2)18-32-27-22(12-9-13-29-27)24-14-21(16-31-28(24)32)25-15-23(20-10-7-6-8-11-20)26(17-30-25)33(3,4)5;3*1-2-6-10(7-3-1)11-8-4-5-9-12-11;;;/h4-19,21H,1-3H3;4-15,17-21H,1-3H3;6-15,17,19H,18H2,1-5H3;3*1-6,8-9H;;;/q6*-1;;;. The van der Waals surface area contributed by atoms with Gasteiger partial charge in [0, 0.05) is 144 Å². The number of fused-ring (bicyclic) bond motifs is 9. The van der Waals surface area contributed by atoms with E-state index in [1.165, 1.54) is 54.3 Å². The van der Waals surface area contributed by atoms with E-state index in [9.17, 15) is 0 Å². The fourth-order valence-corrected chi connectivity index (χ4v) is 21.8. The Balaban J connectivity index is 0.000000135. The third-order valence-electron chi connectivity index (χ3n) is 24.1. The van der Waals surface area contributed by atoms with Gasteiger partial charge in [-0.15, -0.1) is 155 Å². The molecule has 0 fully saturated rings. The Morgan fingerprint density at radius 3 is 0.993 bits per heavy atom. The van der Waals surface area contributed by atoms with E-state index in [0.29, 0.717) is 5.92 Å². The van der Waals surface area contributed by atoms with Crippen LogP contribution in [-0.4, -0.2) is 87.8 Å². The van der Waals surface area contributed by atoms with E-state index in [1.807, 2.05) is 164 Å². The molecule has 0 saturated carbocycles. The topological polar surface area (TPSA) is 144 Å². The molecule has 13 heterocycles. The maximum atomic E-state index is 4.93. The van der Waals surface area contributed by atoms with E-state index in [4.69, 9.17) is 29.9 Å². The SMILES string of the molecule is CC(C)Cn1c2n[c-]c(-c3cc(-c4ccccc4)c([Si](C)(C)C)cn3)cc2c2cccnc21.C[Si](C)(C)c1cnc(-c2[c-]cc3c(c2)c2cccnc2n3-c2ccccc2)cc1-c1ccccc1.C[Si](C)(C)c1cnc(-c2[c-]nc3c(c2)c2ccccc2n3-c2ccccc2)cc1-c1ccccc1.[Ir].[Ir].[Ir].[c-]1ccccc1-c1ccccn1.[c-]1ccccc1-c1ccccn1.[c-]1ccccc1-c1ccccn1. The first-order valence-corrected chi connectivity index (χ1v) is 57.5. The van der Waals surface area contributed by atoms with Crippen LogP contribution >= 0.6 is 0 Å². The number of benzene rings is 10. The first kappa shape index (κ1) is 102. The summed E-state index contributed by atoms with van der Waals surface area (Å²) in [7, 11) is -4.75. The minimum Gasteiger partial charge on any atom is -0.350 e. The van der Waals surface area contributed by atoms with Crippen LogP contribution in [0.2, 0.25) is 58.9 Å². The van der Waals surface area contributed by atoms with Crippen molar-refractivity contribution < 1.29 is 60.3 Å². The summed E-state index contributed by atoms with van der Waals surface area (Å²) in [5.74, 6) is 0.497. The second kappa shape index (κ2) is 46.9. The average Bonchev–Trinajstić information content (AvgIpc) is 1.59. The molecule has 0 bridgehead atoms. The van der Waals surface area contributed by atoms with Crippen molar-refractivity contribution in [3.05, 3.63) is 456 Å². The second-order valence-electron chi connectivity index (χ2n) is 37.5. The fraction of sp³-hybridized carbons (Fsp3) is 0.106. The van der Waals surface area contributed by atoms with Crippen LogP contribution in [0.25, 0.3) is 178 Å². The Morgan fingerprint density at radius 1 is 0.261 bits per heavy atom. The summed E-state index contributed by atoms with van der Waals surface area (Å²) in [6.07, 6.45) is 21.9. The van der Waals surface area contributed by atoms with Gasteiger partial charge in [-0.05, 0) is 173 Å². The molecule has 707 valence electrons. The number of aromatic nitrogens is 13. The smallest absolute Gasteiger partial charge is 0.135 e. The summed E-state index contributed by atoms with van der Waals surface area (Å²) in [4.78, 5) is 46.4. The zero-order valence-corrected chi connectivity index (χ0v) is 91.1. The number of nitrogens with zero attached hydrogens (tertiary/aromatic N) is 13. The average molecular weight is 2430 g/mol. The van der Waals surface area contributed by atoms with Gasteiger partial charge < -0.3 is 53.6 Å². The maximum absolute atomic E-state index is 4.93. The molecule has 10 aromatic carbocycles. The second-order valence-corrected chi connectivity index (χ2v) is 52.6. The normalized spacial score (nSPS) is 11.1. The van der Waals surface area contributed by atoms with Gasteiger partial charge >= 0.3 is 0 Å². The molecule has 0 aliphatic heterocycles. The molecule has 0 unspecified atom stereocenters. The number of hydrogen-bond acceptors (Lipinski definition) is 10. The molecule has 13 aromatic heterocycles. The predicted molar refractivity (Wildman–Crippen MR) is 584 cm³/mol. The van der Waals surface area contributed by atoms with E-state index in [0.717, 1.165) is 146 Å². The Bertz CT molecular complexity index is 7540. The molecule has 0 amide bonds. The minimum atomic E-state index is -1.59. The van der Waals surface area contributed by atoms with E-state index in [2.05, 4.69) is 380 Å². The van der Waals surface area contributed by atoms with Gasteiger partial charge in [0.2, 0.25) is 0 Å². The van der Waals surface area contributed by atoms with Gasteiger partial charge in [0.25, 0.3) is 0 Å². The van der Waals surface area contributed by atoms with Crippen molar-refractivity contribution in [2.24, 2.45) is 5.92 Å². The van der Waals surface area contributed by atoms with Gasteiger partial charge in [0.15, 0.2) is 0 Å². The molecular weight excluding hydrogens is 2320 g/mol. The van der Waals surface area contributed by atoms with Crippen LogP contribution in [0.4, 0.5) is 0 Å². The van der Waals surface area contributed by atoms with Crippen LogP contribution < -0.4 is 15.6 Å². The molecule has 142 heavy (non-hydrogen) atoms. The zero-order valence-electron chi connectivity index (χ0n) is 80.9. The summed E-state index contributed by atoms with van der Waals surface area (Å²) in [6.45, 7) is 26.6. The Morgan fingerprint density at radius 2 is 0.599 bits per heavy atom. The summed E-state index contributed by atoms with van der Waals surface area (Å²) in [5.41, 5.74) is 27.3. The van der Waals surface area contributed by atoms with Crippen LogP contribution in [0, 0.1) is 42.6 Å². The van der Waals surface area contributed by atoms with E-state index >= 15 is 0 Å². The van der Waals surface area contributed by atoms with E-state index in [1.54, 1.807) is 18.6 Å². The monoisotopic (exact) mass is 2430 g/mol. The maximum Gasteiger partial charge on any atom is 0.135 e. The van der Waals surface area contributed by atoms with E-state index < -0.39 is 24.2 Å². The van der Waals surface area contributed by atoms with Crippen molar-refractivity contribution in [2.75, 3.05) is 0 Å². The van der Waals surface area contributed by atoms with Gasteiger partial charge in [-0.3, -0.25) is 0 Å². The fourth-order valence-electron chi connectivity index (χ4n) is 17.3. The molecule has 0 aliphatic rings. The molecule has 19 heteroatoms. The summed E-state index contributed by atoms with van der Waals surface area (Å²) in [6, 6.07) is 139. The molecule has 0 saturated heterocycles. The van der Waals surface area contributed by atoms with Gasteiger partial charge in [0.05, 0.1) is 35.5 Å². The van der Waals surface area contributed by atoms with Crippen molar-refractivity contribution in [3.8, 4) is 112 Å². The summed E-state index contributed by atoms with van der Waals surface area (Å²) < 4.78 is 6.64.